The van der Waals surface area contributed by atoms with E-state index in [1.165, 1.54) is 0 Å². The molecule has 0 radical (unpaired) electrons. The van der Waals surface area contributed by atoms with Crippen LogP contribution in [-0.2, 0) is 14.4 Å². The highest BCUT2D eigenvalue weighted by molar-refractivity contribution is 5.90. The zero-order valence-electron chi connectivity index (χ0n) is 22.1. The van der Waals surface area contributed by atoms with E-state index in [4.69, 9.17) is 0 Å². The summed E-state index contributed by atoms with van der Waals surface area (Å²) in [7, 11) is 0. The highest BCUT2D eigenvalue weighted by Gasteiger charge is 2.39. The van der Waals surface area contributed by atoms with Crippen LogP contribution >= 0.6 is 0 Å². The van der Waals surface area contributed by atoms with Crippen molar-refractivity contribution in [3.8, 4) is 0 Å². The number of amides is 3. The van der Waals surface area contributed by atoms with Crippen LogP contribution in [0, 0.1) is 17.8 Å². The first-order chi connectivity index (χ1) is 15.5. The molecule has 2 aliphatic heterocycles. The zero-order chi connectivity index (χ0) is 24.7. The van der Waals surface area contributed by atoms with Crippen molar-refractivity contribution in [2.24, 2.45) is 17.8 Å². The summed E-state index contributed by atoms with van der Waals surface area (Å²) in [6, 6.07) is -0.360. The fourth-order valence-electron chi connectivity index (χ4n) is 5.29. The van der Waals surface area contributed by atoms with Gasteiger partial charge in [-0.05, 0) is 64.2 Å². The summed E-state index contributed by atoms with van der Waals surface area (Å²) >= 11 is 0. The van der Waals surface area contributed by atoms with E-state index in [0.717, 1.165) is 32.4 Å². The average molecular weight is 465 g/mol. The van der Waals surface area contributed by atoms with Gasteiger partial charge in [-0.1, -0.05) is 27.7 Å². The molecule has 0 bridgehead atoms. The van der Waals surface area contributed by atoms with Gasteiger partial charge in [-0.25, -0.2) is 0 Å². The van der Waals surface area contributed by atoms with Crippen molar-refractivity contribution in [3.05, 3.63) is 0 Å². The van der Waals surface area contributed by atoms with Gasteiger partial charge in [0.2, 0.25) is 17.7 Å². The topological polar surface area (TPSA) is 73.0 Å². The summed E-state index contributed by atoms with van der Waals surface area (Å²) in [6.45, 7) is 18.0. The molecule has 3 amide bonds. The van der Waals surface area contributed by atoms with E-state index in [1.54, 1.807) is 0 Å². The quantitative estimate of drug-likeness (QED) is 0.539. The van der Waals surface area contributed by atoms with Crippen molar-refractivity contribution in [1.82, 2.24) is 20.0 Å². The van der Waals surface area contributed by atoms with E-state index in [2.05, 4.69) is 46.9 Å². The van der Waals surface area contributed by atoms with E-state index in [-0.39, 0.29) is 35.8 Å². The molecular weight excluding hydrogens is 416 g/mol. The predicted octanol–water partition coefficient (Wildman–Crippen LogP) is 3.13. The van der Waals surface area contributed by atoms with Gasteiger partial charge in [-0.2, -0.15) is 0 Å². The highest BCUT2D eigenvalue weighted by atomic mass is 16.2. The normalized spacial score (nSPS) is 21.3. The van der Waals surface area contributed by atoms with Gasteiger partial charge in [0.15, 0.2) is 0 Å². The second kappa shape index (κ2) is 12.7. The Morgan fingerprint density at radius 1 is 1.03 bits per heavy atom. The number of likely N-dealkylation sites (tertiary alicyclic amines) is 1. The van der Waals surface area contributed by atoms with Crippen molar-refractivity contribution in [2.75, 3.05) is 32.7 Å². The Kier molecular flexibility index (Phi) is 10.6. The molecule has 0 saturated carbocycles. The molecule has 33 heavy (non-hydrogen) atoms. The Morgan fingerprint density at radius 2 is 1.67 bits per heavy atom. The molecule has 2 aliphatic rings. The zero-order valence-corrected chi connectivity index (χ0v) is 22.1. The summed E-state index contributed by atoms with van der Waals surface area (Å²) in [5.74, 6) is 1.46. The lowest BCUT2D eigenvalue weighted by atomic mass is 9.91. The summed E-state index contributed by atoms with van der Waals surface area (Å²) in [5.41, 5.74) is 0. The first-order valence-electron chi connectivity index (χ1n) is 13.2. The van der Waals surface area contributed by atoms with Crippen molar-refractivity contribution in [3.63, 3.8) is 0 Å². The van der Waals surface area contributed by atoms with Gasteiger partial charge in [0.05, 0.1) is 6.04 Å². The van der Waals surface area contributed by atoms with Crippen LogP contribution < -0.4 is 5.32 Å². The first kappa shape index (κ1) is 27.6. The molecule has 2 heterocycles. The van der Waals surface area contributed by atoms with Crippen LogP contribution in [0.3, 0.4) is 0 Å². The van der Waals surface area contributed by atoms with Gasteiger partial charge in [-0.15, -0.1) is 0 Å². The molecule has 7 heteroatoms. The van der Waals surface area contributed by atoms with Gasteiger partial charge in [-0.3, -0.25) is 14.4 Å². The van der Waals surface area contributed by atoms with Crippen molar-refractivity contribution >= 4 is 17.7 Å². The minimum atomic E-state index is -0.385. The van der Waals surface area contributed by atoms with Crippen molar-refractivity contribution in [2.45, 2.75) is 98.7 Å². The molecule has 0 aromatic heterocycles. The van der Waals surface area contributed by atoms with Crippen molar-refractivity contribution in [1.29, 1.82) is 0 Å². The number of nitrogens with one attached hydrogen (secondary N) is 1. The lowest BCUT2D eigenvalue weighted by molar-refractivity contribution is -0.150. The van der Waals surface area contributed by atoms with Gasteiger partial charge >= 0.3 is 0 Å². The molecule has 0 aromatic rings. The molecular formula is C26H48N4O3. The molecule has 190 valence electrons. The standard InChI is InChI=1S/C26H48N4O3/c1-8-29(20(6)7)24(31)17-21-9-12-28(13-10-21)26(33)23(16-19(4)5)30-14-11-27-22(25(30)32)15-18(2)3/h18-23,27H,8-17H2,1-7H3/t22-,23?/m0/s1. The third kappa shape index (κ3) is 7.69. The maximum absolute atomic E-state index is 13.6. The molecule has 1 unspecified atom stereocenters. The lowest BCUT2D eigenvalue weighted by Gasteiger charge is -2.42. The van der Waals surface area contributed by atoms with Crippen LogP contribution in [0.2, 0.25) is 0 Å². The smallest absolute Gasteiger partial charge is 0.245 e. The Hall–Kier alpha value is -1.63. The van der Waals surface area contributed by atoms with Gasteiger partial charge < -0.3 is 20.0 Å². The number of carbonyl (C=O) groups is 3. The Labute approximate surface area is 201 Å². The van der Waals surface area contributed by atoms with Crippen LogP contribution in [0.25, 0.3) is 0 Å². The minimum absolute atomic E-state index is 0.0720. The molecule has 0 aromatic carbocycles. The monoisotopic (exact) mass is 464 g/mol. The summed E-state index contributed by atoms with van der Waals surface area (Å²) < 4.78 is 0. The third-order valence-electron chi connectivity index (χ3n) is 7.06. The molecule has 2 saturated heterocycles. The maximum atomic E-state index is 13.6. The lowest BCUT2D eigenvalue weighted by Crippen LogP contribution is -2.62. The number of hydrogen-bond acceptors (Lipinski definition) is 4. The number of carbonyl (C=O) groups excluding carboxylic acids is 3. The Bertz CT molecular complexity index is 656. The molecule has 0 spiro atoms. The van der Waals surface area contributed by atoms with Crippen LogP contribution in [0.1, 0.15) is 80.6 Å². The fraction of sp³-hybridized carbons (Fsp3) is 0.885. The summed E-state index contributed by atoms with van der Waals surface area (Å²) in [5, 5.41) is 3.35. The number of hydrogen-bond donors (Lipinski definition) is 1. The van der Waals surface area contributed by atoms with E-state index < -0.39 is 0 Å². The molecule has 2 atom stereocenters. The van der Waals surface area contributed by atoms with E-state index in [0.29, 0.717) is 50.2 Å². The van der Waals surface area contributed by atoms with Crippen LogP contribution in [-0.4, -0.2) is 83.3 Å². The van der Waals surface area contributed by atoms with E-state index >= 15 is 0 Å². The minimum Gasteiger partial charge on any atom is -0.341 e. The SMILES string of the molecule is CCN(C(=O)CC1CCN(C(=O)C(CC(C)C)N2CCN[C@@H](CC(C)C)C2=O)CC1)C(C)C. The van der Waals surface area contributed by atoms with Gasteiger partial charge in [0.25, 0.3) is 0 Å². The summed E-state index contributed by atoms with van der Waals surface area (Å²) in [6.07, 6.45) is 3.76. The summed E-state index contributed by atoms with van der Waals surface area (Å²) in [4.78, 5) is 45.3. The molecule has 7 nitrogen and oxygen atoms in total. The van der Waals surface area contributed by atoms with Gasteiger partial charge in [0, 0.05) is 45.2 Å². The Balaban J connectivity index is 2.01. The maximum Gasteiger partial charge on any atom is 0.245 e. The van der Waals surface area contributed by atoms with E-state index in [1.807, 2.05) is 21.6 Å². The van der Waals surface area contributed by atoms with Crippen LogP contribution in [0.4, 0.5) is 0 Å². The Morgan fingerprint density at radius 3 is 2.18 bits per heavy atom. The third-order valence-corrected chi connectivity index (χ3v) is 7.06. The van der Waals surface area contributed by atoms with Crippen LogP contribution in [0.15, 0.2) is 0 Å². The molecule has 2 fully saturated rings. The molecule has 2 rings (SSSR count). The predicted molar refractivity (Wildman–Crippen MR) is 133 cm³/mol. The van der Waals surface area contributed by atoms with E-state index in [9.17, 15) is 14.4 Å². The largest absolute Gasteiger partial charge is 0.341 e. The fourth-order valence-corrected chi connectivity index (χ4v) is 5.29. The second-order valence-electron chi connectivity index (χ2n) is 11.1. The molecule has 1 N–H and O–H groups in total. The number of piperazine rings is 1. The second-order valence-corrected chi connectivity index (χ2v) is 11.1. The van der Waals surface area contributed by atoms with Crippen molar-refractivity contribution < 1.29 is 14.4 Å². The first-order valence-corrected chi connectivity index (χ1v) is 13.2. The average Bonchev–Trinajstić information content (AvgIpc) is 2.73. The highest BCUT2D eigenvalue weighted by Crippen LogP contribution is 2.25. The number of nitrogens with zero attached hydrogens (tertiary/aromatic N) is 3. The molecule has 0 aliphatic carbocycles. The number of piperidine rings is 1. The van der Waals surface area contributed by atoms with Gasteiger partial charge in [0.1, 0.15) is 6.04 Å². The number of rotatable bonds is 10. The van der Waals surface area contributed by atoms with Crippen LogP contribution in [0.5, 0.6) is 0 Å².